The second-order valence-electron chi connectivity index (χ2n) is 12.4. The molecule has 12 nitrogen and oxygen atoms in total. The Morgan fingerprint density at radius 3 is 2.77 bits per heavy atom. The summed E-state index contributed by atoms with van der Waals surface area (Å²) in [6.45, 7) is 8.93. The number of pyridine rings is 2. The van der Waals surface area contributed by atoms with Gasteiger partial charge in [-0.15, -0.1) is 5.10 Å². The molecule has 1 amide bonds. The van der Waals surface area contributed by atoms with Crippen LogP contribution in [-0.2, 0) is 17.9 Å². The van der Waals surface area contributed by atoms with E-state index in [-0.39, 0.29) is 52.0 Å². The Bertz CT molecular complexity index is 2180. The molecule has 3 aliphatic rings. The zero-order valence-electron chi connectivity index (χ0n) is 25.7. The molecule has 14 heteroatoms. The Morgan fingerprint density at radius 2 is 1.96 bits per heavy atom. The fourth-order valence-electron chi connectivity index (χ4n) is 6.68. The molecule has 5 aromatic rings. The zero-order chi connectivity index (χ0) is 32.6. The van der Waals surface area contributed by atoms with Crippen LogP contribution < -0.4 is 15.9 Å². The molecule has 6 heterocycles. The lowest BCUT2D eigenvalue weighted by atomic mass is 10.1. The number of nitrogens with zero attached hydrogens (tertiary/aromatic N) is 9. The van der Waals surface area contributed by atoms with Gasteiger partial charge in [-0.25, -0.2) is 27.8 Å². The summed E-state index contributed by atoms with van der Waals surface area (Å²) in [5.41, 5.74) is 2.12. The number of nitrogens with one attached hydrogen (secondary N) is 1. The molecule has 1 aromatic carbocycles. The van der Waals surface area contributed by atoms with Crippen molar-refractivity contribution in [1.82, 2.24) is 39.4 Å². The molecule has 47 heavy (non-hydrogen) atoms. The molecule has 2 aliphatic heterocycles. The molecule has 1 aliphatic carbocycles. The van der Waals surface area contributed by atoms with Crippen molar-refractivity contribution in [2.75, 3.05) is 23.3 Å². The molecule has 0 radical (unpaired) electrons. The van der Waals surface area contributed by atoms with Crippen LogP contribution >= 0.6 is 0 Å². The normalized spacial score (nSPS) is 18.3. The summed E-state index contributed by atoms with van der Waals surface area (Å²) in [4.78, 5) is 44.3. The molecule has 8 bridgehead atoms. The van der Waals surface area contributed by atoms with Crippen molar-refractivity contribution in [2.24, 2.45) is 0 Å². The number of halogens is 2. The number of carbonyl (C=O) groups is 1. The second-order valence-corrected chi connectivity index (χ2v) is 12.4. The molecule has 4 aromatic heterocycles. The van der Waals surface area contributed by atoms with Crippen LogP contribution in [-0.4, -0.2) is 70.5 Å². The van der Waals surface area contributed by atoms with E-state index >= 15 is 8.78 Å². The van der Waals surface area contributed by atoms with Crippen molar-refractivity contribution < 1.29 is 13.6 Å². The van der Waals surface area contributed by atoms with Crippen molar-refractivity contribution in [1.29, 1.82) is 0 Å². The van der Waals surface area contributed by atoms with E-state index in [1.54, 1.807) is 28.0 Å². The van der Waals surface area contributed by atoms with Gasteiger partial charge < -0.3 is 15.1 Å². The highest BCUT2D eigenvalue weighted by atomic mass is 19.1. The smallest absolute Gasteiger partial charge is 0.355 e. The molecule has 2 atom stereocenters. The van der Waals surface area contributed by atoms with Gasteiger partial charge in [0.15, 0.2) is 5.65 Å². The molecular weight excluding hydrogens is 606 g/mol. The summed E-state index contributed by atoms with van der Waals surface area (Å²) in [7, 11) is 0. The maximum atomic E-state index is 16.2. The maximum Gasteiger partial charge on any atom is 0.355 e. The Morgan fingerprint density at radius 1 is 1.11 bits per heavy atom. The number of hydrogen-bond donors (Lipinski definition) is 1. The molecular formula is C33H30F2N10O2. The molecule has 1 saturated heterocycles. The third kappa shape index (κ3) is 4.82. The SMILES string of the molecule is C=CC(=O)N1CCN(c2nc(=O)n3c4nc(c(F)cc24)-c2cc(ccc2F)NCc2cn(nn2)Cc2cnc(C(C)C)c-3c2)C2CC21. The van der Waals surface area contributed by atoms with Gasteiger partial charge in [0.05, 0.1) is 48.1 Å². The average Bonchev–Trinajstić information content (AvgIpc) is 3.74. The van der Waals surface area contributed by atoms with Gasteiger partial charge in [-0.05, 0) is 54.3 Å². The Hall–Kier alpha value is -5.53. The number of benzene rings is 1. The Balaban J connectivity index is 1.40. The lowest BCUT2D eigenvalue weighted by Gasteiger charge is -2.35. The van der Waals surface area contributed by atoms with Gasteiger partial charge in [-0.1, -0.05) is 25.6 Å². The highest BCUT2D eigenvalue weighted by Gasteiger charge is 2.51. The first-order chi connectivity index (χ1) is 22.7. The standard InChI is InChI=1S/C33H30F2N10O2/c1-4-28(46)43-7-8-44(26-12-25(26)43)31-22-11-24(35)30-21-10-19(5-6-23(21)34)36-14-20-16-42(41-40-20)15-18-9-27(29(17(2)3)37-13-18)45(32(22)38-30)33(47)39-31/h4-6,9-11,13,16-17,25-26,36H,1,7-8,12,14-15H2,2-3H3. The summed E-state index contributed by atoms with van der Waals surface area (Å²) >= 11 is 0. The number of piperazine rings is 1. The fraction of sp³-hybridized carbons (Fsp3) is 0.303. The Labute approximate surface area is 267 Å². The van der Waals surface area contributed by atoms with Crippen LogP contribution in [0.15, 0.2) is 60.2 Å². The summed E-state index contributed by atoms with van der Waals surface area (Å²) in [6.07, 6.45) is 5.49. The first kappa shape index (κ1) is 28.9. The quantitative estimate of drug-likeness (QED) is 0.295. The fourth-order valence-corrected chi connectivity index (χ4v) is 6.68. The number of carbonyl (C=O) groups excluding carboxylic acids is 1. The van der Waals surface area contributed by atoms with Crippen molar-refractivity contribution >= 4 is 28.4 Å². The van der Waals surface area contributed by atoms with Crippen molar-refractivity contribution in [3.05, 3.63) is 94.5 Å². The zero-order valence-corrected chi connectivity index (χ0v) is 25.7. The first-order valence-electron chi connectivity index (χ1n) is 15.4. The number of amides is 1. The summed E-state index contributed by atoms with van der Waals surface area (Å²) in [5.74, 6) is -1.43. The van der Waals surface area contributed by atoms with Crippen molar-refractivity contribution in [3.63, 3.8) is 0 Å². The van der Waals surface area contributed by atoms with Gasteiger partial charge in [0.2, 0.25) is 5.91 Å². The highest BCUT2D eigenvalue weighted by molar-refractivity contribution is 5.92. The average molecular weight is 637 g/mol. The van der Waals surface area contributed by atoms with Gasteiger partial charge in [-0.2, -0.15) is 4.98 Å². The third-order valence-electron chi connectivity index (χ3n) is 9.01. The first-order valence-corrected chi connectivity index (χ1v) is 15.4. The number of rotatable bonds is 3. The van der Waals surface area contributed by atoms with E-state index in [1.165, 1.54) is 28.8 Å². The van der Waals surface area contributed by atoms with Crippen LogP contribution in [0.5, 0.6) is 0 Å². The summed E-state index contributed by atoms with van der Waals surface area (Å²) in [6, 6.07) is 7.22. The lowest BCUT2D eigenvalue weighted by Crippen LogP contribution is -2.49. The van der Waals surface area contributed by atoms with Gasteiger partial charge in [0.25, 0.3) is 0 Å². The Kier molecular flexibility index (Phi) is 6.63. The molecule has 8 rings (SSSR count). The second kappa shape index (κ2) is 10.8. The predicted octanol–water partition coefficient (Wildman–Crippen LogP) is 3.79. The van der Waals surface area contributed by atoms with Crippen LogP contribution in [0.3, 0.4) is 0 Å². The van der Waals surface area contributed by atoms with Gasteiger partial charge in [-0.3, -0.25) is 9.78 Å². The van der Waals surface area contributed by atoms with Crippen LogP contribution in [0.2, 0.25) is 0 Å². The van der Waals surface area contributed by atoms with E-state index in [1.807, 2.05) is 24.8 Å². The van der Waals surface area contributed by atoms with Gasteiger partial charge in [0.1, 0.15) is 28.8 Å². The molecule has 2 fully saturated rings. The van der Waals surface area contributed by atoms with E-state index < -0.39 is 17.3 Å². The largest absolute Gasteiger partial charge is 0.379 e. The van der Waals surface area contributed by atoms with Crippen LogP contribution in [0.25, 0.3) is 28.0 Å². The topological polar surface area (TPSA) is 127 Å². The van der Waals surface area contributed by atoms with Crippen molar-refractivity contribution in [2.45, 2.75) is 51.4 Å². The minimum Gasteiger partial charge on any atom is -0.379 e. The number of fused-ring (bicyclic) bond motifs is 10. The number of hydrogen-bond acceptors (Lipinski definition) is 9. The molecule has 2 unspecified atom stereocenters. The number of anilines is 2. The van der Waals surface area contributed by atoms with Gasteiger partial charge >= 0.3 is 5.69 Å². The summed E-state index contributed by atoms with van der Waals surface area (Å²) in [5, 5.41) is 12.0. The van der Waals surface area contributed by atoms with E-state index in [4.69, 9.17) is 9.97 Å². The predicted molar refractivity (Wildman–Crippen MR) is 170 cm³/mol. The molecule has 1 saturated carbocycles. The molecule has 238 valence electrons. The monoisotopic (exact) mass is 636 g/mol. The van der Waals surface area contributed by atoms with Crippen LogP contribution in [0.4, 0.5) is 20.3 Å². The van der Waals surface area contributed by atoms with Crippen molar-refractivity contribution in [3.8, 4) is 16.9 Å². The van der Waals surface area contributed by atoms with Crippen LogP contribution in [0, 0.1) is 11.6 Å². The van der Waals surface area contributed by atoms with E-state index in [9.17, 15) is 9.59 Å². The lowest BCUT2D eigenvalue weighted by molar-refractivity contribution is -0.126. The minimum absolute atomic E-state index is 0.0702. The third-order valence-corrected chi connectivity index (χ3v) is 9.01. The summed E-state index contributed by atoms with van der Waals surface area (Å²) < 4.78 is 34.7. The maximum absolute atomic E-state index is 16.2. The van der Waals surface area contributed by atoms with Gasteiger partial charge in [0, 0.05) is 30.5 Å². The molecule has 1 N–H and O–H groups in total. The highest BCUT2D eigenvalue weighted by Crippen LogP contribution is 2.41. The molecule has 0 spiro atoms. The minimum atomic E-state index is -0.769. The van der Waals surface area contributed by atoms with Crippen LogP contribution in [0.1, 0.15) is 43.1 Å². The number of aromatic nitrogens is 7. The van der Waals surface area contributed by atoms with E-state index in [2.05, 4.69) is 27.2 Å². The van der Waals surface area contributed by atoms with E-state index in [0.717, 1.165) is 5.56 Å². The van der Waals surface area contributed by atoms with E-state index in [0.29, 0.717) is 55.4 Å².